The first-order valence-electron chi connectivity index (χ1n) is 6.57. The quantitative estimate of drug-likeness (QED) is 0.560. The summed E-state index contributed by atoms with van der Waals surface area (Å²) in [6.07, 6.45) is 1.03. The summed E-state index contributed by atoms with van der Waals surface area (Å²) in [5.41, 5.74) is 2.46. The minimum Gasteiger partial charge on any atom is -0.0952 e. The molecule has 0 aliphatic heterocycles. The van der Waals surface area contributed by atoms with E-state index in [1.54, 1.807) is 0 Å². The van der Waals surface area contributed by atoms with Crippen molar-refractivity contribution in [2.75, 3.05) is 0 Å². The Hall–Kier alpha value is -1.04. The number of hydrogen-bond donors (Lipinski definition) is 0. The highest BCUT2D eigenvalue weighted by molar-refractivity contribution is 5.62. The molecule has 0 N–H and O–H groups in total. The van der Waals surface area contributed by atoms with Crippen LogP contribution in [0.3, 0.4) is 0 Å². The molecular formula is C16H30. The van der Waals surface area contributed by atoms with Crippen LogP contribution in [0.5, 0.6) is 0 Å². The Morgan fingerprint density at radius 2 is 1.25 bits per heavy atom. The molecule has 1 aromatic rings. The first-order valence-corrected chi connectivity index (χ1v) is 6.57. The van der Waals surface area contributed by atoms with Crippen LogP contribution in [0.1, 0.15) is 60.5 Å². The minimum atomic E-state index is 1.03. The van der Waals surface area contributed by atoms with E-state index in [2.05, 4.69) is 25.6 Å². The predicted octanol–water partition coefficient (Wildman–Crippen LogP) is 6.19. The molecule has 1 rings (SSSR count). The molecule has 0 heterocycles. The molecule has 94 valence electrons. The van der Waals surface area contributed by atoms with Gasteiger partial charge in [-0.1, -0.05) is 85.4 Å². The van der Waals surface area contributed by atoms with E-state index in [4.69, 9.17) is 0 Å². The van der Waals surface area contributed by atoms with Crippen LogP contribution in [0.25, 0.3) is 5.57 Å². The molecule has 0 amide bonds. The van der Waals surface area contributed by atoms with Crippen molar-refractivity contribution in [1.82, 2.24) is 0 Å². The highest BCUT2D eigenvalue weighted by atomic mass is 14.0. The SMILES string of the molecule is C=C(CC)c1ccccc1.CC.CC.CC. The second kappa shape index (κ2) is 19.5. The van der Waals surface area contributed by atoms with Gasteiger partial charge in [-0.3, -0.25) is 0 Å². The molecule has 0 bridgehead atoms. The van der Waals surface area contributed by atoms with Gasteiger partial charge in [0.05, 0.1) is 0 Å². The normalized spacial score (nSPS) is 6.94. The zero-order valence-electron chi connectivity index (χ0n) is 12.3. The molecular weight excluding hydrogens is 192 g/mol. The van der Waals surface area contributed by atoms with E-state index < -0.39 is 0 Å². The summed E-state index contributed by atoms with van der Waals surface area (Å²) < 4.78 is 0. The Labute approximate surface area is 103 Å². The van der Waals surface area contributed by atoms with Crippen LogP contribution in [-0.4, -0.2) is 0 Å². The van der Waals surface area contributed by atoms with Crippen molar-refractivity contribution in [3.8, 4) is 0 Å². The fourth-order valence-corrected chi connectivity index (χ4v) is 0.878. The Bertz CT molecular complexity index is 209. The topological polar surface area (TPSA) is 0 Å². The van der Waals surface area contributed by atoms with Gasteiger partial charge in [-0.2, -0.15) is 0 Å². The molecule has 0 heteroatoms. The van der Waals surface area contributed by atoms with Gasteiger partial charge in [0.25, 0.3) is 0 Å². The fraction of sp³-hybridized carbons (Fsp3) is 0.500. The molecule has 16 heavy (non-hydrogen) atoms. The molecule has 0 saturated heterocycles. The van der Waals surface area contributed by atoms with Gasteiger partial charge in [0.2, 0.25) is 0 Å². The van der Waals surface area contributed by atoms with Gasteiger partial charge in [-0.25, -0.2) is 0 Å². The molecule has 0 radical (unpaired) electrons. The summed E-state index contributed by atoms with van der Waals surface area (Å²) in [6, 6.07) is 10.3. The van der Waals surface area contributed by atoms with E-state index in [1.165, 1.54) is 11.1 Å². The molecule has 0 aromatic heterocycles. The third-order valence-electron chi connectivity index (χ3n) is 1.61. The van der Waals surface area contributed by atoms with Crippen LogP contribution in [-0.2, 0) is 0 Å². The van der Waals surface area contributed by atoms with E-state index in [0.717, 1.165) is 6.42 Å². The van der Waals surface area contributed by atoms with Crippen LogP contribution < -0.4 is 0 Å². The molecule has 0 aliphatic carbocycles. The zero-order chi connectivity index (χ0) is 13.4. The highest BCUT2D eigenvalue weighted by Crippen LogP contribution is 2.13. The van der Waals surface area contributed by atoms with Crippen molar-refractivity contribution >= 4 is 5.57 Å². The van der Waals surface area contributed by atoms with Crippen molar-refractivity contribution < 1.29 is 0 Å². The molecule has 1 aromatic carbocycles. The van der Waals surface area contributed by atoms with Gasteiger partial charge in [0.15, 0.2) is 0 Å². The Kier molecular flexibility index (Phi) is 24.9. The molecule has 0 atom stereocenters. The lowest BCUT2D eigenvalue weighted by atomic mass is 10.1. The van der Waals surface area contributed by atoms with E-state index in [-0.39, 0.29) is 0 Å². The van der Waals surface area contributed by atoms with Crippen LogP contribution in [0.15, 0.2) is 36.9 Å². The molecule has 0 saturated carbocycles. The summed E-state index contributed by atoms with van der Waals surface area (Å²) in [6.45, 7) is 18.1. The Morgan fingerprint density at radius 3 is 1.56 bits per heavy atom. The monoisotopic (exact) mass is 222 g/mol. The lowest BCUT2D eigenvalue weighted by Crippen LogP contribution is -1.77. The fourth-order valence-electron chi connectivity index (χ4n) is 0.878. The first kappa shape index (κ1) is 20.4. The van der Waals surface area contributed by atoms with Gasteiger partial charge in [-0.05, 0) is 17.6 Å². The van der Waals surface area contributed by atoms with E-state index >= 15 is 0 Å². The third kappa shape index (κ3) is 11.0. The van der Waals surface area contributed by atoms with Crippen LogP contribution >= 0.6 is 0 Å². The maximum absolute atomic E-state index is 3.94. The lowest BCUT2D eigenvalue weighted by Gasteiger charge is -1.99. The van der Waals surface area contributed by atoms with E-state index in [1.807, 2.05) is 59.7 Å². The predicted molar refractivity (Wildman–Crippen MR) is 79.8 cm³/mol. The Morgan fingerprint density at radius 1 is 0.875 bits per heavy atom. The Balaban J connectivity index is -0.000000245. The summed E-state index contributed by atoms with van der Waals surface area (Å²) in [5.74, 6) is 0. The molecule has 0 nitrogen and oxygen atoms in total. The molecule has 0 aliphatic rings. The van der Waals surface area contributed by atoms with Crippen molar-refractivity contribution in [2.24, 2.45) is 0 Å². The van der Waals surface area contributed by atoms with E-state index in [0.29, 0.717) is 0 Å². The smallest absolute Gasteiger partial charge is 0.0231 e. The number of allylic oxidation sites excluding steroid dienone is 1. The molecule has 0 spiro atoms. The van der Waals surface area contributed by atoms with E-state index in [9.17, 15) is 0 Å². The number of hydrogen-bond acceptors (Lipinski definition) is 0. The van der Waals surface area contributed by atoms with Gasteiger partial charge in [0.1, 0.15) is 0 Å². The summed E-state index contributed by atoms with van der Waals surface area (Å²) in [7, 11) is 0. The average molecular weight is 222 g/mol. The average Bonchev–Trinajstić information content (AvgIpc) is 2.45. The van der Waals surface area contributed by atoms with Crippen molar-refractivity contribution in [3.63, 3.8) is 0 Å². The summed E-state index contributed by atoms with van der Waals surface area (Å²) in [5, 5.41) is 0. The summed E-state index contributed by atoms with van der Waals surface area (Å²) in [4.78, 5) is 0. The van der Waals surface area contributed by atoms with Gasteiger partial charge >= 0.3 is 0 Å². The maximum Gasteiger partial charge on any atom is -0.0231 e. The molecule has 0 unspecified atom stereocenters. The van der Waals surface area contributed by atoms with Crippen molar-refractivity contribution in [3.05, 3.63) is 42.5 Å². The van der Waals surface area contributed by atoms with Gasteiger partial charge in [-0.15, -0.1) is 0 Å². The summed E-state index contributed by atoms with van der Waals surface area (Å²) >= 11 is 0. The standard InChI is InChI=1S/C10H12.3C2H6/c1-3-9(2)10-7-5-4-6-8-10;3*1-2/h4-8H,2-3H2,1H3;3*1-2H3. The first-order chi connectivity index (χ1) is 7.84. The van der Waals surface area contributed by atoms with Crippen molar-refractivity contribution in [2.45, 2.75) is 54.9 Å². The second-order valence-electron chi connectivity index (χ2n) is 2.32. The molecule has 0 fully saturated rings. The number of rotatable bonds is 2. The third-order valence-corrected chi connectivity index (χ3v) is 1.61. The minimum absolute atomic E-state index is 1.03. The van der Waals surface area contributed by atoms with Crippen LogP contribution in [0.2, 0.25) is 0 Å². The highest BCUT2D eigenvalue weighted by Gasteiger charge is 1.91. The van der Waals surface area contributed by atoms with Crippen LogP contribution in [0.4, 0.5) is 0 Å². The lowest BCUT2D eigenvalue weighted by molar-refractivity contribution is 1.24. The van der Waals surface area contributed by atoms with Crippen LogP contribution in [0, 0.1) is 0 Å². The second-order valence-corrected chi connectivity index (χ2v) is 2.32. The van der Waals surface area contributed by atoms with Gasteiger partial charge < -0.3 is 0 Å². The maximum atomic E-state index is 3.94. The largest absolute Gasteiger partial charge is 0.0952 e. The van der Waals surface area contributed by atoms with Gasteiger partial charge in [0, 0.05) is 0 Å². The van der Waals surface area contributed by atoms with Crippen molar-refractivity contribution in [1.29, 1.82) is 0 Å². The number of benzene rings is 1. The zero-order valence-corrected chi connectivity index (χ0v) is 12.3.